The van der Waals surface area contributed by atoms with Gasteiger partial charge < -0.3 is 15.2 Å². The Labute approximate surface area is 168 Å². The van der Waals surface area contributed by atoms with Crippen LogP contribution in [-0.2, 0) is 14.3 Å². The van der Waals surface area contributed by atoms with E-state index in [1.54, 1.807) is 25.1 Å². The molecule has 0 saturated carbocycles. The first kappa shape index (κ1) is 22.6. The van der Waals surface area contributed by atoms with Gasteiger partial charge in [0.2, 0.25) is 5.54 Å². The summed E-state index contributed by atoms with van der Waals surface area (Å²) in [5.74, 6) is -2.92. The molecule has 2 N–H and O–H groups in total. The fourth-order valence-corrected chi connectivity index (χ4v) is 4.96. The van der Waals surface area contributed by atoms with Crippen molar-refractivity contribution in [2.24, 2.45) is 0 Å². The quantitative estimate of drug-likeness (QED) is 0.251. The summed E-state index contributed by atoms with van der Waals surface area (Å²) in [5.41, 5.74) is -1.79. The molecule has 1 amide bonds. The van der Waals surface area contributed by atoms with Gasteiger partial charge in [-0.1, -0.05) is 32.6 Å². The molecule has 1 aromatic carbocycles. The van der Waals surface area contributed by atoms with E-state index in [0.29, 0.717) is 12.0 Å². The van der Waals surface area contributed by atoms with Crippen LogP contribution in [0.3, 0.4) is 0 Å². The van der Waals surface area contributed by atoms with Crippen molar-refractivity contribution in [2.75, 3.05) is 0 Å². The Morgan fingerprint density at radius 2 is 1.92 bits per heavy atom. The predicted molar refractivity (Wildman–Crippen MR) is 111 cm³/mol. The van der Waals surface area contributed by atoms with Crippen LogP contribution in [-0.4, -0.2) is 42.7 Å². The largest absolute Gasteiger partial charge is 0.479 e. The zero-order valence-corrected chi connectivity index (χ0v) is 18.9. The number of esters is 1. The highest BCUT2D eigenvalue weighted by molar-refractivity contribution is 14.1. The third kappa shape index (κ3) is 6.08. The maximum absolute atomic E-state index is 12.8. The molecule has 0 aliphatic rings. The van der Waals surface area contributed by atoms with Crippen LogP contribution in [0.5, 0.6) is 0 Å². The molecule has 8 heteroatoms. The Morgan fingerprint density at radius 1 is 1.31 bits per heavy atom. The Hall–Kier alpha value is -1.42. The van der Waals surface area contributed by atoms with Crippen LogP contribution in [0.15, 0.2) is 24.3 Å². The van der Waals surface area contributed by atoms with E-state index >= 15 is 0 Å². The Bertz CT molecular complexity index is 688. The van der Waals surface area contributed by atoms with Crippen molar-refractivity contribution in [1.82, 2.24) is 5.32 Å². The summed E-state index contributed by atoms with van der Waals surface area (Å²) in [7, 11) is -2.06. The highest BCUT2D eigenvalue weighted by Crippen LogP contribution is 2.25. The van der Waals surface area contributed by atoms with E-state index < -0.39 is 37.6 Å². The van der Waals surface area contributed by atoms with Crippen molar-refractivity contribution in [2.45, 2.75) is 57.6 Å². The zero-order chi connectivity index (χ0) is 20.1. The molecular weight excluding hydrogens is 465 g/mol. The molecule has 1 aromatic rings. The molecule has 1 rings (SSSR count). The summed E-state index contributed by atoms with van der Waals surface area (Å²) in [6, 6.07) is 6.78. The molecule has 26 heavy (non-hydrogen) atoms. The maximum atomic E-state index is 12.8. The second-order valence-electron chi connectivity index (χ2n) is 7.54. The minimum absolute atomic E-state index is 0.0419. The number of carboxylic acids is 1. The molecule has 0 spiro atoms. The molecule has 0 radical (unpaired) electrons. The third-order valence-electron chi connectivity index (χ3n) is 3.81. The van der Waals surface area contributed by atoms with E-state index in [1.807, 2.05) is 32.6 Å². The number of ether oxygens (including phenoxy) is 1. The second kappa shape index (κ2) is 8.98. The average molecular weight is 491 g/mol. The second-order valence-corrected chi connectivity index (χ2v) is 14.3. The van der Waals surface area contributed by atoms with Gasteiger partial charge >= 0.3 is 11.9 Å². The molecule has 144 valence electrons. The SMILES string of the molecule is CCC(C)OC(=O)C(C[Si](C)(C)C)(NC(=O)c1cccc(I)c1)C(=O)O. The van der Waals surface area contributed by atoms with E-state index in [0.717, 1.165) is 3.57 Å². The van der Waals surface area contributed by atoms with E-state index in [4.69, 9.17) is 4.74 Å². The first-order chi connectivity index (χ1) is 11.9. The van der Waals surface area contributed by atoms with Gasteiger partial charge in [0, 0.05) is 17.2 Å². The molecule has 0 aliphatic heterocycles. The van der Waals surface area contributed by atoms with Crippen LogP contribution < -0.4 is 5.32 Å². The predicted octanol–water partition coefficient (Wildman–Crippen LogP) is 3.52. The first-order valence-corrected chi connectivity index (χ1v) is 13.2. The van der Waals surface area contributed by atoms with Gasteiger partial charge in [-0.25, -0.2) is 9.59 Å². The standard InChI is InChI=1S/C18H26INO5Si/c1-6-12(2)25-17(24)18(16(22)23,11-26(3,4)5)20-15(21)13-8-7-9-14(19)10-13/h7-10,12H,6,11H2,1-5H3,(H,20,21)(H,22,23). The van der Waals surface area contributed by atoms with Crippen molar-refractivity contribution < 1.29 is 24.2 Å². The summed E-state index contributed by atoms with van der Waals surface area (Å²) in [6.45, 7) is 9.36. The summed E-state index contributed by atoms with van der Waals surface area (Å²) in [5, 5.41) is 12.4. The Morgan fingerprint density at radius 3 is 2.38 bits per heavy atom. The lowest BCUT2D eigenvalue weighted by molar-refractivity contribution is -0.164. The first-order valence-electron chi connectivity index (χ1n) is 8.44. The van der Waals surface area contributed by atoms with Crippen molar-refractivity contribution >= 4 is 48.5 Å². The molecule has 0 fully saturated rings. The maximum Gasteiger partial charge on any atom is 0.343 e. The van der Waals surface area contributed by atoms with Crippen molar-refractivity contribution in [3.05, 3.63) is 33.4 Å². The number of hydrogen-bond donors (Lipinski definition) is 2. The molecule has 0 heterocycles. The van der Waals surface area contributed by atoms with Gasteiger partial charge in [-0.3, -0.25) is 4.79 Å². The fourth-order valence-electron chi connectivity index (χ4n) is 2.44. The average Bonchev–Trinajstić information content (AvgIpc) is 2.52. The van der Waals surface area contributed by atoms with Crippen LogP contribution in [0, 0.1) is 3.57 Å². The van der Waals surface area contributed by atoms with Gasteiger partial charge in [0.1, 0.15) is 0 Å². The number of aliphatic carboxylic acids is 1. The highest BCUT2D eigenvalue weighted by Gasteiger charge is 2.52. The molecular formula is C18H26INO5Si. The van der Waals surface area contributed by atoms with Crippen LogP contribution in [0.2, 0.25) is 25.7 Å². The van der Waals surface area contributed by atoms with E-state index in [2.05, 4.69) is 27.9 Å². The van der Waals surface area contributed by atoms with E-state index in [-0.39, 0.29) is 6.04 Å². The Kier molecular flexibility index (Phi) is 7.81. The van der Waals surface area contributed by atoms with E-state index in [9.17, 15) is 19.5 Å². The number of nitrogens with one attached hydrogen (secondary N) is 1. The van der Waals surface area contributed by atoms with Gasteiger partial charge in [0.15, 0.2) is 0 Å². The number of carbonyl (C=O) groups is 3. The summed E-state index contributed by atoms with van der Waals surface area (Å²) < 4.78 is 6.16. The number of amides is 1. The normalized spacial score (nSPS) is 14.8. The minimum Gasteiger partial charge on any atom is -0.479 e. The van der Waals surface area contributed by atoms with E-state index in [1.165, 1.54) is 0 Å². The molecule has 2 unspecified atom stereocenters. The molecule has 0 saturated heterocycles. The van der Waals surface area contributed by atoms with Gasteiger partial charge in [0.25, 0.3) is 5.91 Å². The van der Waals surface area contributed by atoms with Gasteiger partial charge in [0.05, 0.1) is 6.10 Å². The smallest absolute Gasteiger partial charge is 0.343 e. The third-order valence-corrected chi connectivity index (χ3v) is 6.07. The molecule has 6 nitrogen and oxygen atoms in total. The lowest BCUT2D eigenvalue weighted by Crippen LogP contribution is -2.63. The number of carbonyl (C=O) groups excluding carboxylic acids is 2. The van der Waals surface area contributed by atoms with Gasteiger partial charge in [-0.05, 0) is 60.2 Å². The fraction of sp³-hybridized carbons (Fsp3) is 0.500. The topological polar surface area (TPSA) is 92.7 Å². The van der Waals surface area contributed by atoms with Gasteiger partial charge in [-0.15, -0.1) is 0 Å². The summed E-state index contributed by atoms with van der Waals surface area (Å²) in [6.07, 6.45) is 0.122. The molecule has 0 aromatic heterocycles. The lowest BCUT2D eigenvalue weighted by atomic mass is 10.0. The molecule has 0 aliphatic carbocycles. The number of rotatable bonds is 8. The summed E-state index contributed by atoms with van der Waals surface area (Å²) in [4.78, 5) is 37.6. The number of hydrogen-bond acceptors (Lipinski definition) is 4. The van der Waals surface area contributed by atoms with Crippen molar-refractivity contribution in [3.63, 3.8) is 0 Å². The minimum atomic E-state index is -2.09. The number of carboxylic acid groups (broad SMARTS) is 1. The van der Waals surface area contributed by atoms with Crippen LogP contribution in [0.4, 0.5) is 0 Å². The lowest BCUT2D eigenvalue weighted by Gasteiger charge is -2.34. The number of benzene rings is 1. The zero-order valence-electron chi connectivity index (χ0n) is 15.8. The monoisotopic (exact) mass is 491 g/mol. The number of halogens is 1. The summed E-state index contributed by atoms with van der Waals surface area (Å²) >= 11 is 2.06. The van der Waals surface area contributed by atoms with Crippen LogP contribution >= 0.6 is 22.6 Å². The van der Waals surface area contributed by atoms with Crippen LogP contribution in [0.1, 0.15) is 30.6 Å². The van der Waals surface area contributed by atoms with Crippen molar-refractivity contribution in [3.8, 4) is 0 Å². The molecule has 0 bridgehead atoms. The Balaban J connectivity index is 3.30. The highest BCUT2D eigenvalue weighted by atomic mass is 127. The van der Waals surface area contributed by atoms with Gasteiger partial charge in [-0.2, -0.15) is 0 Å². The molecule has 2 atom stereocenters. The van der Waals surface area contributed by atoms with Crippen LogP contribution in [0.25, 0.3) is 0 Å². The van der Waals surface area contributed by atoms with Crippen molar-refractivity contribution in [1.29, 1.82) is 0 Å².